The summed E-state index contributed by atoms with van der Waals surface area (Å²) in [5.41, 5.74) is 0. The van der Waals surface area contributed by atoms with E-state index in [9.17, 15) is 31.8 Å². The van der Waals surface area contributed by atoms with Crippen LogP contribution >= 0.6 is 9.06 Å². The van der Waals surface area contributed by atoms with Gasteiger partial charge in [-0.2, -0.15) is 12.6 Å². The molecule has 0 radical (unpaired) electrons. The topological polar surface area (TPSA) is 83.8 Å². The molecular weight excluding hydrogens is 357 g/mol. The van der Waals surface area contributed by atoms with E-state index in [1.165, 1.54) is 30.3 Å². The zero-order chi connectivity index (χ0) is 17.6. The molecule has 0 unspecified atom stereocenters. The Balaban J connectivity index is 2.72. The average Bonchev–Trinajstić information content (AvgIpc) is 2.35. The van der Waals surface area contributed by atoms with Crippen LogP contribution < -0.4 is 0 Å². The van der Waals surface area contributed by atoms with E-state index in [4.69, 9.17) is 0 Å². The van der Waals surface area contributed by atoms with Gasteiger partial charge in [-0.3, -0.25) is 0 Å². The summed E-state index contributed by atoms with van der Waals surface area (Å²) in [6.07, 6.45) is -3.08. The van der Waals surface area contributed by atoms with Gasteiger partial charge in [-0.1, -0.05) is 9.06 Å². The van der Waals surface area contributed by atoms with E-state index in [-0.39, 0.29) is 27.2 Å². The van der Waals surface area contributed by atoms with Crippen molar-refractivity contribution >= 4 is 29.0 Å². The fourth-order valence-corrected chi connectivity index (χ4v) is 5.59. The monoisotopic (exact) mass is 370 g/mol. The number of alkyl halides is 3. The summed E-state index contributed by atoms with van der Waals surface area (Å²) in [5, 5.41) is 19.7. The van der Waals surface area contributed by atoms with Crippen molar-refractivity contribution in [2.75, 3.05) is 12.5 Å². The summed E-state index contributed by atoms with van der Waals surface area (Å²) in [6.45, 7) is 0. The molecule has 0 saturated heterocycles. The molecule has 2 rings (SSSR count). The Kier molecular flexibility index (Phi) is 4.20. The summed E-state index contributed by atoms with van der Waals surface area (Å²) in [5.74, 6) is -0.401. The largest absolute Gasteiger partial charge is 0.537 e. The smallest absolute Gasteiger partial charge is 0.508 e. The normalized spacial score (nSPS) is 14.1. The van der Waals surface area contributed by atoms with Crippen LogP contribution in [0.1, 0.15) is 0 Å². The van der Waals surface area contributed by atoms with Crippen LogP contribution in [0.15, 0.2) is 35.2 Å². The molecule has 2 N–H and O–H groups in total. The van der Waals surface area contributed by atoms with Crippen LogP contribution in [0.2, 0.25) is 0 Å². The zero-order valence-corrected chi connectivity index (χ0v) is 13.6. The van der Waals surface area contributed by atoms with E-state index in [1.807, 2.05) is 0 Å². The van der Waals surface area contributed by atoms with Gasteiger partial charge >= 0.3 is 15.5 Å². The van der Waals surface area contributed by atoms with Crippen LogP contribution in [0, 0.1) is 0 Å². The number of phenols is 2. The predicted molar refractivity (Wildman–Crippen MR) is 81.0 cm³/mol. The van der Waals surface area contributed by atoms with Crippen molar-refractivity contribution in [3.63, 3.8) is 0 Å². The first kappa shape index (κ1) is 17.7. The molecule has 0 heterocycles. The fourth-order valence-electron chi connectivity index (χ4n) is 2.03. The number of fused-ring (bicyclic) bond motifs is 1. The van der Waals surface area contributed by atoms with Crippen molar-refractivity contribution in [1.82, 2.24) is 0 Å². The number of benzene rings is 2. The molecule has 128 valence electrons. The summed E-state index contributed by atoms with van der Waals surface area (Å²) in [4.78, 5) is 0.0328. The molecular formula is C13H13F3O5S2. The minimum absolute atomic E-state index is 0.0328. The average molecular weight is 370 g/mol. The molecule has 0 spiro atoms. The molecule has 2 aromatic carbocycles. The maximum Gasteiger partial charge on any atom is 0.537 e. The van der Waals surface area contributed by atoms with Gasteiger partial charge in [-0.15, -0.1) is 13.2 Å². The van der Waals surface area contributed by atoms with Crippen LogP contribution in [-0.4, -0.2) is 37.5 Å². The van der Waals surface area contributed by atoms with Crippen LogP contribution in [0.25, 0.3) is 10.8 Å². The lowest BCUT2D eigenvalue weighted by Gasteiger charge is -2.31. The van der Waals surface area contributed by atoms with Gasteiger partial charge in [0, 0.05) is 15.7 Å². The van der Waals surface area contributed by atoms with E-state index in [0.717, 1.165) is 12.5 Å². The minimum Gasteiger partial charge on any atom is -0.508 e. The molecule has 0 fully saturated rings. The Bertz CT molecular complexity index is 860. The molecule has 0 aliphatic carbocycles. The number of rotatable bonds is 3. The van der Waals surface area contributed by atoms with Crippen LogP contribution in [-0.2, 0) is 13.3 Å². The number of hydrogen-bond donors (Lipinski definition) is 2. The van der Waals surface area contributed by atoms with Gasteiger partial charge in [0.1, 0.15) is 11.5 Å². The molecule has 0 amide bonds. The number of phenolic OH excluding ortho intramolecular Hbond substituents is 2. The summed E-state index contributed by atoms with van der Waals surface area (Å²) < 4.78 is 64.6. The van der Waals surface area contributed by atoms with Gasteiger partial charge in [-0.25, -0.2) is 0 Å². The van der Waals surface area contributed by atoms with Crippen LogP contribution in [0.3, 0.4) is 0 Å². The van der Waals surface area contributed by atoms with E-state index < -0.39 is 24.6 Å². The van der Waals surface area contributed by atoms with Gasteiger partial charge in [0.15, 0.2) is 0 Å². The Morgan fingerprint density at radius 2 is 1.61 bits per heavy atom. The highest BCUT2D eigenvalue weighted by molar-refractivity contribution is 8.88. The van der Waals surface area contributed by atoms with Crippen LogP contribution in [0.4, 0.5) is 13.2 Å². The Morgan fingerprint density at radius 3 is 2.17 bits per heavy atom. The molecule has 2 aromatic rings. The third-order valence-electron chi connectivity index (χ3n) is 3.17. The van der Waals surface area contributed by atoms with Crippen molar-refractivity contribution in [2.45, 2.75) is 11.3 Å². The van der Waals surface area contributed by atoms with Crippen molar-refractivity contribution < 1.29 is 36.0 Å². The quantitative estimate of drug-likeness (QED) is 0.809. The second kappa shape index (κ2) is 5.46. The molecule has 23 heavy (non-hydrogen) atoms. The third kappa shape index (κ3) is 3.33. The number of halogens is 3. The SMILES string of the molecule is CS(C)(c1ccc(O)c2ccc(O)cc12)S(=O)(=O)OC(F)(F)F. The lowest BCUT2D eigenvalue weighted by Crippen LogP contribution is -2.23. The Morgan fingerprint density at radius 1 is 1.00 bits per heavy atom. The minimum atomic E-state index is -5.34. The maximum atomic E-state index is 12.4. The third-order valence-corrected chi connectivity index (χ3v) is 9.81. The Labute approximate surface area is 131 Å². The first-order chi connectivity index (χ1) is 10.3. The number of aromatic hydroxyl groups is 2. The molecule has 10 heteroatoms. The van der Waals surface area contributed by atoms with Gasteiger partial charge in [-0.05, 0) is 42.8 Å². The molecule has 5 nitrogen and oxygen atoms in total. The second-order valence-electron chi connectivity index (χ2n) is 4.98. The lowest BCUT2D eigenvalue weighted by molar-refractivity contribution is -0.270. The highest BCUT2D eigenvalue weighted by Gasteiger charge is 2.44. The van der Waals surface area contributed by atoms with E-state index >= 15 is 0 Å². The van der Waals surface area contributed by atoms with Gasteiger partial charge in [0.05, 0.1) is 0 Å². The van der Waals surface area contributed by atoms with E-state index in [1.54, 1.807) is 0 Å². The molecule has 0 saturated carbocycles. The van der Waals surface area contributed by atoms with Gasteiger partial charge in [0.25, 0.3) is 0 Å². The van der Waals surface area contributed by atoms with E-state index in [0.29, 0.717) is 0 Å². The molecule has 0 bridgehead atoms. The molecule has 0 aliphatic rings. The first-order valence-electron chi connectivity index (χ1n) is 6.05. The molecule has 0 atom stereocenters. The Hall–Kier alpha value is -1.65. The maximum absolute atomic E-state index is 12.4. The summed E-state index contributed by atoms with van der Waals surface area (Å²) in [6, 6.07) is 6.20. The fraction of sp³-hybridized carbons (Fsp3) is 0.231. The highest BCUT2D eigenvalue weighted by atomic mass is 33.2. The van der Waals surface area contributed by atoms with Crippen molar-refractivity contribution in [3.8, 4) is 11.5 Å². The lowest BCUT2D eigenvalue weighted by atomic mass is 10.1. The van der Waals surface area contributed by atoms with Gasteiger partial charge < -0.3 is 10.2 Å². The zero-order valence-electron chi connectivity index (χ0n) is 12.0. The second-order valence-corrected chi connectivity index (χ2v) is 12.6. The van der Waals surface area contributed by atoms with Crippen molar-refractivity contribution in [1.29, 1.82) is 0 Å². The standard InChI is InChI=1S/C13H13F3O5S2/c1-22(2,23(19,20)21-13(14,15)16)12-6-5-11(18)9-4-3-8(17)7-10(9)12/h3-7,17-18H,1-2H3. The molecule has 0 aromatic heterocycles. The van der Waals surface area contributed by atoms with Crippen molar-refractivity contribution in [2.24, 2.45) is 0 Å². The summed E-state index contributed by atoms with van der Waals surface area (Å²) >= 11 is 0. The first-order valence-corrected chi connectivity index (χ1v) is 10.4. The van der Waals surface area contributed by atoms with Crippen LogP contribution in [0.5, 0.6) is 11.5 Å². The number of hydrogen-bond acceptors (Lipinski definition) is 5. The summed E-state index contributed by atoms with van der Waals surface area (Å²) in [7, 11) is -8.12. The predicted octanol–water partition coefficient (Wildman–Crippen LogP) is 3.46. The highest BCUT2D eigenvalue weighted by Crippen LogP contribution is 2.59. The van der Waals surface area contributed by atoms with Gasteiger partial charge in [0.2, 0.25) is 0 Å². The molecule has 0 aliphatic heterocycles. The van der Waals surface area contributed by atoms with E-state index in [2.05, 4.69) is 4.18 Å². The van der Waals surface area contributed by atoms with Crippen molar-refractivity contribution in [3.05, 3.63) is 30.3 Å².